The molecule has 0 N–H and O–H groups in total. The number of nitrogens with zero attached hydrogens (tertiary/aromatic N) is 4. The average Bonchev–Trinajstić information content (AvgIpc) is 3.18. The monoisotopic (exact) mass is 380 g/mol. The first-order valence-corrected chi connectivity index (χ1v) is 9.54. The van der Waals surface area contributed by atoms with Gasteiger partial charge in [-0.1, -0.05) is 43.3 Å². The van der Waals surface area contributed by atoms with E-state index in [0.717, 1.165) is 17.7 Å². The van der Waals surface area contributed by atoms with Gasteiger partial charge in [-0.05, 0) is 12.5 Å². The number of benzene rings is 1. The molecule has 138 valence electrons. The van der Waals surface area contributed by atoms with Crippen LogP contribution in [-0.4, -0.2) is 27.2 Å². The molecule has 0 atom stereocenters. The largest absolute Gasteiger partial charge is 0.280 e. The Morgan fingerprint density at radius 3 is 2.74 bits per heavy atom. The van der Waals surface area contributed by atoms with Crippen molar-refractivity contribution in [1.29, 1.82) is 0 Å². The van der Waals surface area contributed by atoms with E-state index in [4.69, 9.17) is 0 Å². The van der Waals surface area contributed by atoms with Gasteiger partial charge in [0.1, 0.15) is 5.69 Å². The number of aryl methyl sites for hydroxylation is 1. The Morgan fingerprint density at radius 1 is 1.26 bits per heavy atom. The highest BCUT2D eigenvalue weighted by molar-refractivity contribution is 7.14. The van der Waals surface area contributed by atoms with Gasteiger partial charge in [0.25, 0.3) is 11.5 Å². The molecule has 0 aliphatic rings. The lowest BCUT2D eigenvalue weighted by Crippen LogP contribution is -2.34. The number of anilines is 1. The Balaban J connectivity index is 1.93. The number of hydrogen-bond donors (Lipinski definition) is 0. The Morgan fingerprint density at radius 2 is 2.04 bits per heavy atom. The van der Waals surface area contributed by atoms with Crippen molar-refractivity contribution < 1.29 is 4.79 Å². The first kappa shape index (κ1) is 18.7. The summed E-state index contributed by atoms with van der Waals surface area (Å²) in [6.45, 7) is 6.46. The van der Waals surface area contributed by atoms with Crippen LogP contribution in [0.15, 0.2) is 65.3 Å². The zero-order valence-electron chi connectivity index (χ0n) is 15.0. The Labute approximate surface area is 161 Å². The molecule has 0 radical (unpaired) electrons. The summed E-state index contributed by atoms with van der Waals surface area (Å²) < 4.78 is 1.32. The van der Waals surface area contributed by atoms with Crippen LogP contribution in [0.5, 0.6) is 0 Å². The van der Waals surface area contributed by atoms with Gasteiger partial charge in [-0.25, -0.2) is 9.67 Å². The van der Waals surface area contributed by atoms with Gasteiger partial charge in [0.2, 0.25) is 0 Å². The minimum absolute atomic E-state index is 0.210. The highest BCUT2D eigenvalue weighted by Gasteiger charge is 2.22. The van der Waals surface area contributed by atoms with Gasteiger partial charge in [-0.15, -0.1) is 17.9 Å². The van der Waals surface area contributed by atoms with E-state index in [0.29, 0.717) is 18.2 Å². The molecule has 3 rings (SSSR count). The molecule has 6 nitrogen and oxygen atoms in total. The van der Waals surface area contributed by atoms with Gasteiger partial charge in [-0.3, -0.25) is 14.5 Å². The zero-order valence-corrected chi connectivity index (χ0v) is 15.9. The molecule has 0 unspecified atom stereocenters. The van der Waals surface area contributed by atoms with Crippen molar-refractivity contribution in [3.05, 3.63) is 76.5 Å². The van der Waals surface area contributed by atoms with Crippen LogP contribution in [0.25, 0.3) is 11.3 Å². The van der Waals surface area contributed by atoms with Crippen LogP contribution in [0.2, 0.25) is 0 Å². The number of aromatic nitrogens is 3. The second-order valence-corrected chi connectivity index (χ2v) is 6.70. The van der Waals surface area contributed by atoms with Gasteiger partial charge >= 0.3 is 0 Å². The summed E-state index contributed by atoms with van der Waals surface area (Å²) in [6, 6.07) is 12.6. The van der Waals surface area contributed by atoms with Gasteiger partial charge in [-0.2, -0.15) is 5.10 Å². The quantitative estimate of drug-likeness (QED) is 0.587. The first-order valence-electron chi connectivity index (χ1n) is 8.66. The van der Waals surface area contributed by atoms with E-state index < -0.39 is 0 Å². The molecule has 0 saturated carbocycles. The molecule has 0 bridgehead atoms. The maximum absolute atomic E-state index is 13.0. The van der Waals surface area contributed by atoms with Gasteiger partial charge in [0.05, 0.1) is 5.69 Å². The topological polar surface area (TPSA) is 68.1 Å². The van der Waals surface area contributed by atoms with Crippen molar-refractivity contribution in [2.45, 2.75) is 19.9 Å². The molecular weight excluding hydrogens is 360 g/mol. The Bertz CT molecular complexity index is 994. The van der Waals surface area contributed by atoms with E-state index in [1.807, 2.05) is 42.6 Å². The van der Waals surface area contributed by atoms with Crippen molar-refractivity contribution in [3.63, 3.8) is 0 Å². The molecule has 2 aromatic heterocycles. The lowest BCUT2D eigenvalue weighted by atomic mass is 10.2. The molecule has 27 heavy (non-hydrogen) atoms. The Hall–Kier alpha value is -3.06. The van der Waals surface area contributed by atoms with E-state index >= 15 is 0 Å². The molecule has 7 heteroatoms. The summed E-state index contributed by atoms with van der Waals surface area (Å²) >= 11 is 1.38. The first-order chi connectivity index (χ1) is 13.1. The summed E-state index contributed by atoms with van der Waals surface area (Å²) in [5, 5.41) is 6.69. The van der Waals surface area contributed by atoms with Crippen molar-refractivity contribution in [1.82, 2.24) is 14.8 Å². The lowest BCUT2D eigenvalue weighted by Gasteiger charge is -2.17. The fourth-order valence-corrected chi connectivity index (χ4v) is 3.42. The summed E-state index contributed by atoms with van der Waals surface area (Å²) in [5.74, 6) is -0.311. The van der Waals surface area contributed by atoms with E-state index in [9.17, 15) is 9.59 Å². The smallest absolute Gasteiger partial charge is 0.279 e. The third-order valence-corrected chi connectivity index (χ3v) is 4.73. The van der Waals surface area contributed by atoms with E-state index in [1.54, 1.807) is 6.08 Å². The maximum atomic E-state index is 13.0. The second kappa shape index (κ2) is 8.55. The predicted octanol–water partition coefficient (Wildman–Crippen LogP) is 3.61. The molecule has 3 aromatic rings. The van der Waals surface area contributed by atoms with Gasteiger partial charge in [0.15, 0.2) is 5.13 Å². The summed E-state index contributed by atoms with van der Waals surface area (Å²) in [4.78, 5) is 31.0. The number of carbonyl (C=O) groups is 1. The standard InChI is InChI=1S/C20H20N4O2S/c1-3-12-23(19(26)16-10-11-18(25)24(22-16)13-4-2)20-21-17(14-27-20)15-8-6-5-7-9-15/h3,5-11,14H,1,4,12-13H2,2H3. The van der Waals surface area contributed by atoms with Crippen LogP contribution in [-0.2, 0) is 6.54 Å². The molecule has 1 amide bonds. The van der Waals surface area contributed by atoms with Gasteiger partial charge in [0, 0.05) is 30.1 Å². The van der Waals surface area contributed by atoms with E-state index in [-0.39, 0.29) is 17.2 Å². The van der Waals surface area contributed by atoms with Crippen molar-refractivity contribution >= 4 is 22.4 Å². The molecule has 0 spiro atoms. The molecule has 2 heterocycles. The molecule has 0 fully saturated rings. The maximum Gasteiger partial charge on any atom is 0.280 e. The van der Waals surface area contributed by atoms with E-state index in [1.165, 1.54) is 33.1 Å². The van der Waals surface area contributed by atoms with Gasteiger partial charge < -0.3 is 0 Å². The van der Waals surface area contributed by atoms with Crippen LogP contribution in [0.1, 0.15) is 23.8 Å². The minimum atomic E-state index is -0.311. The van der Waals surface area contributed by atoms with Crippen LogP contribution in [0.4, 0.5) is 5.13 Å². The number of hydrogen-bond acceptors (Lipinski definition) is 5. The third kappa shape index (κ3) is 4.20. The third-order valence-electron chi connectivity index (χ3n) is 3.87. The molecular formula is C20H20N4O2S. The molecule has 1 aromatic carbocycles. The summed E-state index contributed by atoms with van der Waals surface area (Å²) in [7, 11) is 0. The minimum Gasteiger partial charge on any atom is -0.279 e. The van der Waals surface area contributed by atoms with Crippen LogP contribution in [0.3, 0.4) is 0 Å². The molecule has 0 saturated heterocycles. The second-order valence-electron chi connectivity index (χ2n) is 5.87. The SMILES string of the molecule is C=CCN(C(=O)c1ccc(=O)n(CCC)n1)c1nc(-c2ccccc2)cs1. The summed E-state index contributed by atoms with van der Waals surface area (Å²) in [6.07, 6.45) is 2.40. The number of amides is 1. The Kier molecular flexibility index (Phi) is 5.93. The molecule has 0 aliphatic heterocycles. The fourth-order valence-electron chi connectivity index (χ4n) is 2.58. The van der Waals surface area contributed by atoms with Crippen LogP contribution < -0.4 is 10.5 Å². The van der Waals surface area contributed by atoms with Crippen molar-refractivity contribution in [3.8, 4) is 11.3 Å². The van der Waals surface area contributed by atoms with E-state index in [2.05, 4.69) is 16.7 Å². The normalized spacial score (nSPS) is 10.6. The fraction of sp³-hybridized carbons (Fsp3) is 0.200. The van der Waals surface area contributed by atoms with Crippen molar-refractivity contribution in [2.75, 3.05) is 11.4 Å². The summed E-state index contributed by atoms with van der Waals surface area (Å²) in [5.41, 5.74) is 1.78. The number of thiazole rings is 1. The predicted molar refractivity (Wildman–Crippen MR) is 108 cm³/mol. The number of rotatable bonds is 7. The highest BCUT2D eigenvalue weighted by atomic mass is 32.1. The molecule has 0 aliphatic carbocycles. The van der Waals surface area contributed by atoms with Crippen LogP contribution >= 0.6 is 11.3 Å². The average molecular weight is 380 g/mol. The highest BCUT2D eigenvalue weighted by Crippen LogP contribution is 2.28. The number of carbonyl (C=O) groups excluding carboxylic acids is 1. The zero-order chi connectivity index (χ0) is 19.2. The van der Waals surface area contributed by atoms with Crippen molar-refractivity contribution in [2.24, 2.45) is 0 Å². The van der Waals surface area contributed by atoms with Crippen LogP contribution in [0, 0.1) is 0 Å². The lowest BCUT2D eigenvalue weighted by molar-refractivity contribution is 0.0982.